The first-order valence-electron chi connectivity index (χ1n) is 7.08. The fourth-order valence-corrected chi connectivity index (χ4v) is 1.77. The van der Waals surface area contributed by atoms with E-state index < -0.39 is 36.2 Å². The molecule has 7 heteroatoms. The molecule has 24 heavy (non-hydrogen) atoms. The highest BCUT2D eigenvalue weighted by atomic mass is 19.1. The van der Waals surface area contributed by atoms with Crippen molar-refractivity contribution in [3.8, 4) is 5.75 Å². The average molecular weight is 335 g/mol. The molecular formula is C17H15F2NO4. The SMILES string of the molecule is C[C@@H](OC(=O)COc1ccc(F)cc1)C(=O)Nc1cccc(F)c1. The summed E-state index contributed by atoms with van der Waals surface area (Å²) in [5, 5.41) is 2.43. The number of ether oxygens (including phenoxy) is 2. The minimum atomic E-state index is -1.09. The molecule has 2 rings (SSSR count). The van der Waals surface area contributed by atoms with Gasteiger partial charge in [0.25, 0.3) is 5.91 Å². The molecule has 1 atom stereocenters. The van der Waals surface area contributed by atoms with Gasteiger partial charge >= 0.3 is 5.97 Å². The fourth-order valence-electron chi connectivity index (χ4n) is 1.77. The summed E-state index contributed by atoms with van der Waals surface area (Å²) in [7, 11) is 0. The number of hydrogen-bond acceptors (Lipinski definition) is 4. The van der Waals surface area contributed by atoms with E-state index in [1.165, 1.54) is 49.4 Å². The van der Waals surface area contributed by atoms with Crippen LogP contribution in [-0.2, 0) is 14.3 Å². The Labute approximate surface area is 137 Å². The van der Waals surface area contributed by atoms with Gasteiger partial charge in [-0.25, -0.2) is 13.6 Å². The maximum Gasteiger partial charge on any atom is 0.344 e. The lowest BCUT2D eigenvalue weighted by Crippen LogP contribution is -2.31. The third-order valence-corrected chi connectivity index (χ3v) is 2.94. The van der Waals surface area contributed by atoms with E-state index in [1.54, 1.807) is 0 Å². The smallest absolute Gasteiger partial charge is 0.344 e. The number of benzene rings is 2. The predicted molar refractivity (Wildman–Crippen MR) is 82.5 cm³/mol. The molecule has 0 saturated carbocycles. The van der Waals surface area contributed by atoms with Gasteiger partial charge in [-0.05, 0) is 49.4 Å². The lowest BCUT2D eigenvalue weighted by molar-refractivity contribution is -0.155. The third kappa shape index (κ3) is 5.35. The van der Waals surface area contributed by atoms with Gasteiger partial charge in [0.2, 0.25) is 0 Å². The second kappa shape index (κ2) is 8.05. The molecular weight excluding hydrogens is 320 g/mol. The zero-order chi connectivity index (χ0) is 17.5. The van der Waals surface area contributed by atoms with Crippen LogP contribution in [-0.4, -0.2) is 24.6 Å². The van der Waals surface area contributed by atoms with Crippen LogP contribution in [0.2, 0.25) is 0 Å². The Balaban J connectivity index is 1.80. The zero-order valence-electron chi connectivity index (χ0n) is 12.8. The average Bonchev–Trinajstić information content (AvgIpc) is 2.54. The summed E-state index contributed by atoms with van der Waals surface area (Å²) in [6.07, 6.45) is -1.09. The number of rotatable bonds is 6. The van der Waals surface area contributed by atoms with Gasteiger partial charge in [0.15, 0.2) is 12.7 Å². The summed E-state index contributed by atoms with van der Waals surface area (Å²) >= 11 is 0. The maximum absolute atomic E-state index is 13.0. The number of hydrogen-bond donors (Lipinski definition) is 1. The molecule has 0 bridgehead atoms. The summed E-state index contributed by atoms with van der Waals surface area (Å²) in [5.41, 5.74) is 0.255. The lowest BCUT2D eigenvalue weighted by Gasteiger charge is -2.14. The van der Waals surface area contributed by atoms with Crippen molar-refractivity contribution < 1.29 is 27.8 Å². The molecule has 0 unspecified atom stereocenters. The van der Waals surface area contributed by atoms with E-state index in [2.05, 4.69) is 5.32 Å². The summed E-state index contributed by atoms with van der Waals surface area (Å²) in [5.74, 6) is -1.99. The van der Waals surface area contributed by atoms with Crippen molar-refractivity contribution in [2.45, 2.75) is 13.0 Å². The minimum Gasteiger partial charge on any atom is -0.482 e. The molecule has 0 aliphatic rings. The van der Waals surface area contributed by atoms with Gasteiger partial charge in [-0.3, -0.25) is 4.79 Å². The van der Waals surface area contributed by atoms with Crippen molar-refractivity contribution in [2.75, 3.05) is 11.9 Å². The van der Waals surface area contributed by atoms with E-state index in [1.807, 2.05) is 0 Å². The molecule has 1 N–H and O–H groups in total. The van der Waals surface area contributed by atoms with E-state index in [0.29, 0.717) is 5.75 Å². The molecule has 0 heterocycles. The summed E-state index contributed by atoms with van der Waals surface area (Å²) < 4.78 is 35.8. The van der Waals surface area contributed by atoms with Crippen LogP contribution in [0.25, 0.3) is 0 Å². The monoisotopic (exact) mass is 335 g/mol. The van der Waals surface area contributed by atoms with Crippen LogP contribution < -0.4 is 10.1 Å². The Morgan fingerprint density at radius 2 is 1.79 bits per heavy atom. The van der Waals surface area contributed by atoms with Crippen LogP contribution in [0.15, 0.2) is 48.5 Å². The van der Waals surface area contributed by atoms with Crippen molar-refractivity contribution in [3.05, 3.63) is 60.2 Å². The van der Waals surface area contributed by atoms with E-state index in [-0.39, 0.29) is 5.69 Å². The molecule has 0 aromatic heterocycles. The molecule has 0 aliphatic carbocycles. The molecule has 2 aromatic rings. The van der Waals surface area contributed by atoms with E-state index in [4.69, 9.17) is 9.47 Å². The Morgan fingerprint density at radius 3 is 2.46 bits per heavy atom. The molecule has 2 aromatic carbocycles. The lowest BCUT2D eigenvalue weighted by atomic mass is 10.3. The summed E-state index contributed by atoms with van der Waals surface area (Å²) in [6, 6.07) is 10.4. The zero-order valence-corrected chi connectivity index (χ0v) is 12.8. The second-order valence-corrected chi connectivity index (χ2v) is 4.87. The fraction of sp³-hybridized carbons (Fsp3) is 0.176. The highest BCUT2D eigenvalue weighted by molar-refractivity contribution is 5.95. The van der Waals surface area contributed by atoms with Crippen molar-refractivity contribution in [1.29, 1.82) is 0 Å². The molecule has 5 nitrogen and oxygen atoms in total. The van der Waals surface area contributed by atoms with Crippen LogP contribution in [0.5, 0.6) is 5.75 Å². The normalized spacial score (nSPS) is 11.5. The summed E-state index contributed by atoms with van der Waals surface area (Å²) in [4.78, 5) is 23.5. The first-order valence-corrected chi connectivity index (χ1v) is 7.08. The Hall–Kier alpha value is -2.96. The van der Waals surface area contributed by atoms with Crippen LogP contribution in [0.4, 0.5) is 14.5 Å². The largest absolute Gasteiger partial charge is 0.482 e. The molecule has 0 fully saturated rings. The molecule has 0 aliphatic heterocycles. The molecule has 0 spiro atoms. The molecule has 126 valence electrons. The highest BCUT2D eigenvalue weighted by Crippen LogP contribution is 2.12. The highest BCUT2D eigenvalue weighted by Gasteiger charge is 2.18. The third-order valence-electron chi connectivity index (χ3n) is 2.94. The molecule has 0 radical (unpaired) electrons. The van der Waals surface area contributed by atoms with E-state index in [9.17, 15) is 18.4 Å². The quantitative estimate of drug-likeness (QED) is 0.825. The van der Waals surface area contributed by atoms with Gasteiger partial charge in [-0.1, -0.05) is 6.07 Å². The van der Waals surface area contributed by atoms with Crippen LogP contribution in [0.1, 0.15) is 6.92 Å². The number of carbonyl (C=O) groups excluding carboxylic acids is 2. The van der Waals surface area contributed by atoms with Gasteiger partial charge in [0.1, 0.15) is 17.4 Å². The predicted octanol–water partition coefficient (Wildman–Crippen LogP) is 2.91. The Bertz CT molecular complexity index is 719. The number of esters is 1. The standard InChI is InChI=1S/C17H15F2NO4/c1-11(17(22)20-14-4-2-3-13(19)9-14)24-16(21)10-23-15-7-5-12(18)6-8-15/h2-9,11H,10H2,1H3,(H,20,22)/t11-/m1/s1. The number of halogens is 2. The van der Waals surface area contributed by atoms with Crippen molar-refractivity contribution in [1.82, 2.24) is 0 Å². The number of anilines is 1. The van der Waals surface area contributed by atoms with E-state index >= 15 is 0 Å². The van der Waals surface area contributed by atoms with Crippen molar-refractivity contribution in [3.63, 3.8) is 0 Å². The number of nitrogens with one attached hydrogen (secondary N) is 1. The van der Waals surface area contributed by atoms with Crippen molar-refractivity contribution in [2.24, 2.45) is 0 Å². The van der Waals surface area contributed by atoms with Crippen LogP contribution in [0, 0.1) is 11.6 Å². The van der Waals surface area contributed by atoms with Gasteiger partial charge in [0.05, 0.1) is 0 Å². The Kier molecular flexibility index (Phi) is 5.83. The Morgan fingerprint density at radius 1 is 1.08 bits per heavy atom. The maximum atomic E-state index is 13.0. The number of amides is 1. The van der Waals surface area contributed by atoms with Gasteiger partial charge in [-0.2, -0.15) is 0 Å². The first-order chi connectivity index (χ1) is 11.4. The molecule has 1 amide bonds. The minimum absolute atomic E-state index is 0.255. The van der Waals surface area contributed by atoms with E-state index in [0.717, 1.165) is 6.07 Å². The van der Waals surface area contributed by atoms with Crippen LogP contribution in [0.3, 0.4) is 0 Å². The van der Waals surface area contributed by atoms with Gasteiger partial charge in [0, 0.05) is 5.69 Å². The summed E-state index contributed by atoms with van der Waals surface area (Å²) in [6.45, 7) is 0.952. The van der Waals surface area contributed by atoms with Crippen molar-refractivity contribution >= 4 is 17.6 Å². The topological polar surface area (TPSA) is 64.6 Å². The molecule has 0 saturated heterocycles. The van der Waals surface area contributed by atoms with Gasteiger partial charge < -0.3 is 14.8 Å². The first kappa shape index (κ1) is 17.4. The van der Waals surface area contributed by atoms with Gasteiger partial charge in [-0.15, -0.1) is 0 Å². The second-order valence-electron chi connectivity index (χ2n) is 4.87. The van der Waals surface area contributed by atoms with Crippen LogP contribution >= 0.6 is 0 Å². The number of carbonyl (C=O) groups is 2.